The molecule has 3 rings (SSSR count). The molecule has 21 heavy (non-hydrogen) atoms. The summed E-state index contributed by atoms with van der Waals surface area (Å²) >= 11 is 0. The molecule has 2 nitrogen and oxygen atoms in total. The Hall–Kier alpha value is -2.03. The van der Waals surface area contributed by atoms with Crippen LogP contribution in [0.3, 0.4) is 0 Å². The molecule has 1 heterocycles. The van der Waals surface area contributed by atoms with Gasteiger partial charge in [-0.1, -0.05) is 18.2 Å². The number of phenols is 1. The van der Waals surface area contributed by atoms with Crippen LogP contribution < -0.4 is 4.90 Å². The first-order chi connectivity index (χ1) is 10.1. The Kier molecular flexibility index (Phi) is 3.58. The molecule has 0 spiro atoms. The SMILES string of the molecule is CC1CCc2ccccc2N1C(C)c1cc(F)ccc1O. The van der Waals surface area contributed by atoms with Crippen LogP contribution in [0.25, 0.3) is 0 Å². The second-order valence-electron chi connectivity index (χ2n) is 5.80. The number of fused-ring (bicyclic) bond motifs is 1. The van der Waals surface area contributed by atoms with Crippen molar-refractivity contribution in [1.29, 1.82) is 0 Å². The minimum atomic E-state index is -0.312. The molecule has 0 saturated carbocycles. The average molecular weight is 285 g/mol. The number of benzene rings is 2. The van der Waals surface area contributed by atoms with Gasteiger partial charge in [-0.2, -0.15) is 0 Å². The van der Waals surface area contributed by atoms with E-state index in [2.05, 4.69) is 30.0 Å². The van der Waals surface area contributed by atoms with Gasteiger partial charge in [-0.15, -0.1) is 0 Å². The van der Waals surface area contributed by atoms with Crippen molar-refractivity contribution in [1.82, 2.24) is 0 Å². The highest BCUT2D eigenvalue weighted by molar-refractivity contribution is 5.58. The third-order valence-corrected chi connectivity index (χ3v) is 4.43. The number of nitrogens with zero attached hydrogens (tertiary/aromatic N) is 1. The summed E-state index contributed by atoms with van der Waals surface area (Å²) in [5.41, 5.74) is 3.14. The zero-order chi connectivity index (χ0) is 15.0. The minimum Gasteiger partial charge on any atom is -0.508 e. The molecular formula is C18H20FNO. The highest BCUT2D eigenvalue weighted by atomic mass is 19.1. The predicted molar refractivity (Wildman–Crippen MR) is 83.2 cm³/mol. The second-order valence-corrected chi connectivity index (χ2v) is 5.80. The Balaban J connectivity index is 2.04. The topological polar surface area (TPSA) is 23.5 Å². The van der Waals surface area contributed by atoms with Crippen molar-refractivity contribution in [2.45, 2.75) is 38.8 Å². The van der Waals surface area contributed by atoms with Gasteiger partial charge in [0.25, 0.3) is 0 Å². The van der Waals surface area contributed by atoms with E-state index in [1.165, 1.54) is 29.4 Å². The Morgan fingerprint density at radius 2 is 2.00 bits per heavy atom. The van der Waals surface area contributed by atoms with Gasteiger partial charge in [-0.25, -0.2) is 4.39 Å². The van der Waals surface area contributed by atoms with Crippen molar-refractivity contribution in [3.63, 3.8) is 0 Å². The fourth-order valence-electron chi connectivity index (χ4n) is 3.32. The van der Waals surface area contributed by atoms with Gasteiger partial charge in [-0.05, 0) is 56.5 Å². The summed E-state index contributed by atoms with van der Waals surface area (Å²) in [6.45, 7) is 4.20. The quantitative estimate of drug-likeness (QED) is 0.882. The van der Waals surface area contributed by atoms with Crippen molar-refractivity contribution in [3.8, 4) is 5.75 Å². The fraction of sp³-hybridized carbons (Fsp3) is 0.333. The molecule has 3 heteroatoms. The van der Waals surface area contributed by atoms with Gasteiger partial charge in [0.2, 0.25) is 0 Å². The van der Waals surface area contributed by atoms with E-state index in [0.29, 0.717) is 11.6 Å². The van der Waals surface area contributed by atoms with Crippen molar-refractivity contribution in [2.24, 2.45) is 0 Å². The first-order valence-electron chi connectivity index (χ1n) is 7.42. The van der Waals surface area contributed by atoms with E-state index in [4.69, 9.17) is 0 Å². The smallest absolute Gasteiger partial charge is 0.123 e. The highest BCUT2D eigenvalue weighted by Gasteiger charge is 2.28. The Morgan fingerprint density at radius 3 is 2.81 bits per heavy atom. The van der Waals surface area contributed by atoms with Crippen LogP contribution in [0.2, 0.25) is 0 Å². The molecule has 110 valence electrons. The lowest BCUT2D eigenvalue weighted by molar-refractivity contribution is 0.446. The van der Waals surface area contributed by atoms with Gasteiger partial charge in [0.05, 0.1) is 6.04 Å². The Morgan fingerprint density at radius 1 is 1.24 bits per heavy atom. The maximum atomic E-state index is 13.5. The molecule has 1 aliphatic heterocycles. The van der Waals surface area contributed by atoms with Gasteiger partial charge < -0.3 is 10.0 Å². The highest BCUT2D eigenvalue weighted by Crippen LogP contribution is 2.39. The van der Waals surface area contributed by atoms with E-state index in [1.807, 2.05) is 13.0 Å². The molecule has 2 aromatic carbocycles. The van der Waals surface area contributed by atoms with Crippen LogP contribution in [-0.2, 0) is 6.42 Å². The number of aryl methyl sites for hydroxylation is 1. The summed E-state index contributed by atoms with van der Waals surface area (Å²) in [5, 5.41) is 10.1. The van der Waals surface area contributed by atoms with E-state index in [9.17, 15) is 9.50 Å². The fourth-order valence-corrected chi connectivity index (χ4v) is 3.32. The van der Waals surface area contributed by atoms with Crippen molar-refractivity contribution >= 4 is 5.69 Å². The van der Waals surface area contributed by atoms with Crippen molar-refractivity contribution in [2.75, 3.05) is 4.90 Å². The summed E-state index contributed by atoms with van der Waals surface area (Å²) in [4.78, 5) is 2.29. The van der Waals surface area contributed by atoms with E-state index in [-0.39, 0.29) is 17.6 Å². The number of halogens is 1. The number of hydrogen-bond acceptors (Lipinski definition) is 2. The van der Waals surface area contributed by atoms with Gasteiger partial charge in [-0.3, -0.25) is 0 Å². The lowest BCUT2D eigenvalue weighted by Gasteiger charge is -2.41. The number of aromatic hydroxyl groups is 1. The van der Waals surface area contributed by atoms with Crippen molar-refractivity contribution < 1.29 is 9.50 Å². The van der Waals surface area contributed by atoms with Gasteiger partial charge >= 0.3 is 0 Å². The molecular weight excluding hydrogens is 265 g/mol. The molecule has 0 aliphatic carbocycles. The van der Waals surface area contributed by atoms with Gasteiger partial charge in [0.1, 0.15) is 11.6 Å². The first kappa shape index (κ1) is 13.9. The lowest BCUT2D eigenvalue weighted by Crippen LogP contribution is -2.39. The van der Waals surface area contributed by atoms with Crippen LogP contribution in [0, 0.1) is 5.82 Å². The standard InChI is InChI=1S/C18H20FNO/c1-12-7-8-14-5-3-4-6-17(14)20(12)13(2)16-11-15(19)9-10-18(16)21/h3-6,9-13,21H,7-8H2,1-2H3. The van der Waals surface area contributed by atoms with E-state index >= 15 is 0 Å². The van der Waals surface area contributed by atoms with Gasteiger partial charge in [0, 0.05) is 17.3 Å². The average Bonchev–Trinajstić information content (AvgIpc) is 2.49. The lowest BCUT2D eigenvalue weighted by atomic mass is 9.93. The molecule has 1 aliphatic rings. The molecule has 0 bridgehead atoms. The predicted octanol–water partition coefficient (Wildman–Crippen LogP) is 4.43. The maximum absolute atomic E-state index is 13.5. The van der Waals surface area contributed by atoms with Crippen LogP contribution in [0.4, 0.5) is 10.1 Å². The monoisotopic (exact) mass is 285 g/mol. The van der Waals surface area contributed by atoms with Crippen LogP contribution in [0.15, 0.2) is 42.5 Å². The third kappa shape index (κ3) is 2.48. The summed E-state index contributed by atoms with van der Waals surface area (Å²) < 4.78 is 13.5. The Labute approximate surface area is 124 Å². The number of anilines is 1. The van der Waals surface area contributed by atoms with Crippen LogP contribution in [0.5, 0.6) is 5.75 Å². The van der Waals surface area contributed by atoms with E-state index in [1.54, 1.807) is 0 Å². The third-order valence-electron chi connectivity index (χ3n) is 4.43. The van der Waals surface area contributed by atoms with Crippen molar-refractivity contribution in [3.05, 3.63) is 59.4 Å². The minimum absolute atomic E-state index is 0.0721. The van der Waals surface area contributed by atoms with E-state index in [0.717, 1.165) is 12.8 Å². The molecule has 2 atom stereocenters. The zero-order valence-electron chi connectivity index (χ0n) is 12.4. The number of para-hydroxylation sites is 1. The number of rotatable bonds is 2. The van der Waals surface area contributed by atoms with Gasteiger partial charge in [0.15, 0.2) is 0 Å². The Bertz CT molecular complexity index is 655. The molecule has 1 N–H and O–H groups in total. The van der Waals surface area contributed by atoms with Crippen LogP contribution >= 0.6 is 0 Å². The molecule has 0 saturated heterocycles. The summed E-state index contributed by atoms with van der Waals surface area (Å²) in [6, 6.07) is 12.8. The van der Waals surface area contributed by atoms with Crippen LogP contribution in [0.1, 0.15) is 37.4 Å². The summed E-state index contributed by atoms with van der Waals surface area (Å²) in [7, 11) is 0. The summed E-state index contributed by atoms with van der Waals surface area (Å²) in [6.07, 6.45) is 2.13. The molecule has 2 unspecified atom stereocenters. The van der Waals surface area contributed by atoms with E-state index < -0.39 is 0 Å². The second kappa shape index (κ2) is 5.40. The first-order valence-corrected chi connectivity index (χ1v) is 7.42. The normalized spacial score (nSPS) is 19.2. The molecule has 0 aromatic heterocycles. The number of phenolic OH excluding ortho intramolecular Hbond substituents is 1. The molecule has 0 radical (unpaired) electrons. The zero-order valence-corrected chi connectivity index (χ0v) is 12.4. The molecule has 2 aromatic rings. The largest absolute Gasteiger partial charge is 0.508 e. The van der Waals surface area contributed by atoms with Crippen LogP contribution in [-0.4, -0.2) is 11.1 Å². The molecule has 0 fully saturated rings. The maximum Gasteiger partial charge on any atom is 0.123 e. The number of hydrogen-bond donors (Lipinski definition) is 1. The molecule has 0 amide bonds. The summed E-state index contributed by atoms with van der Waals surface area (Å²) in [5.74, 6) is -0.160.